The summed E-state index contributed by atoms with van der Waals surface area (Å²) >= 11 is 0. The van der Waals surface area contributed by atoms with Gasteiger partial charge in [0.2, 0.25) is 0 Å². The van der Waals surface area contributed by atoms with Gasteiger partial charge in [-0.05, 0) is 35.4 Å². The second kappa shape index (κ2) is 6.20. The topological polar surface area (TPSA) is 67.4 Å². The van der Waals surface area contributed by atoms with E-state index in [2.05, 4.69) is 33.7 Å². The van der Waals surface area contributed by atoms with E-state index in [4.69, 9.17) is 4.74 Å². The molecule has 0 aliphatic carbocycles. The van der Waals surface area contributed by atoms with Crippen molar-refractivity contribution in [3.05, 3.63) is 53.6 Å². The van der Waals surface area contributed by atoms with E-state index >= 15 is 0 Å². The molecule has 2 aliphatic rings. The molecule has 0 spiro atoms. The van der Waals surface area contributed by atoms with Gasteiger partial charge in [-0.3, -0.25) is 4.72 Å². The van der Waals surface area contributed by atoms with Gasteiger partial charge in [-0.15, -0.1) is 0 Å². The number of nitrogens with one attached hydrogen (secondary N) is 2. The Bertz CT molecular complexity index is 841. The monoisotopic (exact) mass is 344 g/mol. The smallest absolute Gasteiger partial charge is 0.299 e. The van der Waals surface area contributed by atoms with Gasteiger partial charge in [0.25, 0.3) is 10.2 Å². The van der Waals surface area contributed by atoms with E-state index in [0.717, 1.165) is 42.7 Å². The maximum Gasteiger partial charge on any atom is 0.299 e. The van der Waals surface area contributed by atoms with E-state index < -0.39 is 10.2 Å². The Morgan fingerprint density at radius 3 is 2.50 bits per heavy atom. The Kier molecular flexibility index (Phi) is 4.04. The van der Waals surface area contributed by atoms with Crippen molar-refractivity contribution >= 4 is 15.9 Å². The zero-order chi connectivity index (χ0) is 16.6. The molecule has 2 aromatic carbocycles. The molecular weight excluding hydrogens is 324 g/mol. The third-order valence-electron chi connectivity index (χ3n) is 4.75. The van der Waals surface area contributed by atoms with Gasteiger partial charge in [-0.25, -0.2) is 0 Å². The Morgan fingerprint density at radius 2 is 1.75 bits per heavy atom. The molecule has 2 aliphatic heterocycles. The van der Waals surface area contributed by atoms with E-state index in [1.54, 1.807) is 0 Å². The van der Waals surface area contributed by atoms with Gasteiger partial charge in [0.1, 0.15) is 0 Å². The summed E-state index contributed by atoms with van der Waals surface area (Å²) in [7, 11) is -3.47. The number of anilines is 1. The lowest BCUT2D eigenvalue weighted by molar-refractivity contribution is 0.0853. The number of fused-ring (bicyclic) bond motifs is 1. The van der Waals surface area contributed by atoms with Crippen LogP contribution >= 0.6 is 0 Å². The fourth-order valence-corrected chi connectivity index (χ4v) is 4.34. The van der Waals surface area contributed by atoms with Crippen molar-refractivity contribution in [1.29, 1.82) is 0 Å². The van der Waals surface area contributed by atoms with Gasteiger partial charge >= 0.3 is 0 Å². The average Bonchev–Trinajstić information content (AvgIpc) is 2.61. The second-order valence-corrected chi connectivity index (χ2v) is 7.77. The van der Waals surface area contributed by atoms with E-state index in [1.165, 1.54) is 5.56 Å². The predicted octanol–water partition coefficient (Wildman–Crippen LogP) is 3.01. The number of rotatable bonds is 2. The largest absolute Gasteiger partial charge is 0.381 e. The molecule has 0 aromatic heterocycles. The normalized spacial score (nSPS) is 20.2. The van der Waals surface area contributed by atoms with Crippen LogP contribution < -0.4 is 9.44 Å². The van der Waals surface area contributed by atoms with Crippen molar-refractivity contribution in [2.75, 3.05) is 17.9 Å². The Labute approximate surface area is 142 Å². The highest BCUT2D eigenvalue weighted by Crippen LogP contribution is 2.35. The number of ether oxygens (including phenoxy) is 1. The zero-order valence-corrected chi connectivity index (χ0v) is 14.1. The lowest BCUT2D eigenvalue weighted by Crippen LogP contribution is -2.34. The van der Waals surface area contributed by atoms with E-state index in [1.807, 2.05) is 18.2 Å². The van der Waals surface area contributed by atoms with Crippen LogP contribution in [0.4, 0.5) is 5.69 Å². The molecule has 24 heavy (non-hydrogen) atoms. The van der Waals surface area contributed by atoms with Crippen molar-refractivity contribution < 1.29 is 13.2 Å². The molecule has 0 radical (unpaired) electrons. The SMILES string of the molecule is O=S1(=O)NCc2cccc(-c3ccc(C4CCOCC4)cc3)c2N1. The van der Waals surface area contributed by atoms with Crippen LogP contribution in [0.25, 0.3) is 11.1 Å². The molecule has 4 rings (SSSR count). The van der Waals surface area contributed by atoms with Gasteiger partial charge in [-0.2, -0.15) is 13.1 Å². The molecule has 126 valence electrons. The van der Waals surface area contributed by atoms with E-state index in [0.29, 0.717) is 18.2 Å². The zero-order valence-electron chi connectivity index (χ0n) is 13.3. The highest BCUT2D eigenvalue weighted by molar-refractivity contribution is 7.90. The van der Waals surface area contributed by atoms with Gasteiger partial charge in [0.15, 0.2) is 0 Å². The van der Waals surface area contributed by atoms with Gasteiger partial charge in [-0.1, -0.05) is 42.5 Å². The fraction of sp³-hybridized carbons (Fsp3) is 0.333. The van der Waals surface area contributed by atoms with Crippen LogP contribution in [0.2, 0.25) is 0 Å². The maximum absolute atomic E-state index is 11.8. The summed E-state index contributed by atoms with van der Waals surface area (Å²) in [5.74, 6) is 0.556. The molecule has 0 unspecified atom stereocenters. The van der Waals surface area contributed by atoms with Gasteiger partial charge in [0.05, 0.1) is 5.69 Å². The molecule has 0 atom stereocenters. The van der Waals surface area contributed by atoms with Gasteiger partial charge < -0.3 is 4.74 Å². The number of para-hydroxylation sites is 1. The summed E-state index contributed by atoms with van der Waals surface area (Å²) in [5.41, 5.74) is 4.89. The molecule has 5 nitrogen and oxygen atoms in total. The first kappa shape index (κ1) is 15.6. The summed E-state index contributed by atoms with van der Waals surface area (Å²) < 4.78 is 34.2. The summed E-state index contributed by atoms with van der Waals surface area (Å²) in [6.07, 6.45) is 2.12. The lowest BCUT2D eigenvalue weighted by atomic mass is 9.90. The molecule has 0 amide bonds. The molecule has 2 heterocycles. The third-order valence-corrected chi connectivity index (χ3v) is 5.75. The second-order valence-electron chi connectivity index (χ2n) is 6.27. The third kappa shape index (κ3) is 3.05. The molecule has 1 fully saturated rings. The minimum absolute atomic E-state index is 0.318. The first-order valence-electron chi connectivity index (χ1n) is 8.20. The van der Waals surface area contributed by atoms with Crippen LogP contribution in [0, 0.1) is 0 Å². The summed E-state index contributed by atoms with van der Waals surface area (Å²) in [4.78, 5) is 0. The Hall–Kier alpha value is -1.89. The van der Waals surface area contributed by atoms with Crippen LogP contribution in [0.1, 0.15) is 29.9 Å². The van der Waals surface area contributed by atoms with Crippen molar-refractivity contribution in [3.8, 4) is 11.1 Å². The van der Waals surface area contributed by atoms with Gasteiger partial charge in [0, 0.05) is 25.3 Å². The molecule has 2 aromatic rings. The highest BCUT2D eigenvalue weighted by Gasteiger charge is 2.22. The molecule has 0 saturated carbocycles. The number of hydrogen-bond donors (Lipinski definition) is 2. The van der Waals surface area contributed by atoms with Crippen LogP contribution in [0.15, 0.2) is 42.5 Å². The van der Waals surface area contributed by atoms with Crippen LogP contribution in [-0.4, -0.2) is 21.6 Å². The first-order valence-corrected chi connectivity index (χ1v) is 9.68. The maximum atomic E-state index is 11.8. The summed E-state index contributed by atoms with van der Waals surface area (Å²) in [6.45, 7) is 1.97. The summed E-state index contributed by atoms with van der Waals surface area (Å²) in [5, 5.41) is 0. The van der Waals surface area contributed by atoms with E-state index in [9.17, 15) is 8.42 Å². The standard InChI is InChI=1S/C18H20N2O3S/c21-24(22)19-12-16-2-1-3-17(18(16)20-24)15-6-4-13(5-7-15)14-8-10-23-11-9-14/h1-7,14,19-20H,8-12H2. The predicted molar refractivity (Wildman–Crippen MR) is 94.1 cm³/mol. The minimum atomic E-state index is -3.47. The van der Waals surface area contributed by atoms with Crippen molar-refractivity contribution in [3.63, 3.8) is 0 Å². The van der Waals surface area contributed by atoms with E-state index in [-0.39, 0.29) is 0 Å². The minimum Gasteiger partial charge on any atom is -0.381 e. The van der Waals surface area contributed by atoms with Crippen molar-refractivity contribution in [1.82, 2.24) is 4.72 Å². The quantitative estimate of drug-likeness (QED) is 0.880. The number of hydrogen-bond acceptors (Lipinski definition) is 3. The molecule has 1 saturated heterocycles. The Balaban J connectivity index is 1.67. The van der Waals surface area contributed by atoms with Crippen LogP contribution in [0.5, 0.6) is 0 Å². The lowest BCUT2D eigenvalue weighted by Gasteiger charge is -2.24. The average molecular weight is 344 g/mol. The van der Waals surface area contributed by atoms with Crippen molar-refractivity contribution in [2.45, 2.75) is 25.3 Å². The van der Waals surface area contributed by atoms with Crippen molar-refractivity contribution in [2.24, 2.45) is 0 Å². The first-order chi connectivity index (χ1) is 11.6. The number of benzene rings is 2. The highest BCUT2D eigenvalue weighted by atomic mass is 32.2. The van der Waals surface area contributed by atoms with Crippen LogP contribution in [-0.2, 0) is 21.5 Å². The Morgan fingerprint density at radius 1 is 1.00 bits per heavy atom. The fourth-order valence-electron chi connectivity index (χ4n) is 3.42. The molecular formula is C18H20N2O3S. The van der Waals surface area contributed by atoms with Crippen LogP contribution in [0.3, 0.4) is 0 Å². The molecule has 0 bridgehead atoms. The molecule has 6 heteroatoms. The molecule has 2 N–H and O–H groups in total. The summed E-state index contributed by atoms with van der Waals surface area (Å²) in [6, 6.07) is 14.3.